The third-order valence-corrected chi connectivity index (χ3v) is 8.94. The van der Waals surface area contributed by atoms with Crippen LogP contribution in [0.5, 0.6) is 0 Å². The van der Waals surface area contributed by atoms with Crippen LogP contribution in [0.1, 0.15) is 64.7 Å². The van der Waals surface area contributed by atoms with E-state index in [1.54, 1.807) is 0 Å². The van der Waals surface area contributed by atoms with Gasteiger partial charge in [0, 0.05) is 11.8 Å². The van der Waals surface area contributed by atoms with Crippen molar-refractivity contribution in [2.24, 2.45) is 46.8 Å². The molecular formula is C21H31BF2O. The van der Waals surface area contributed by atoms with Crippen LogP contribution in [0.2, 0.25) is 6.32 Å². The van der Waals surface area contributed by atoms with Gasteiger partial charge in [-0.05, 0) is 99.1 Å². The van der Waals surface area contributed by atoms with Crippen molar-refractivity contribution in [2.75, 3.05) is 0 Å². The van der Waals surface area contributed by atoms with Crippen molar-refractivity contribution < 1.29 is 13.6 Å². The van der Waals surface area contributed by atoms with Crippen LogP contribution in [0.3, 0.4) is 0 Å². The van der Waals surface area contributed by atoms with Crippen LogP contribution < -0.4 is 0 Å². The molecular weight excluding hydrogens is 317 g/mol. The van der Waals surface area contributed by atoms with Crippen LogP contribution in [0, 0.1) is 46.8 Å². The Hall–Kier alpha value is -0.405. The molecule has 4 aliphatic rings. The Morgan fingerprint density at radius 3 is 2.52 bits per heavy atom. The number of hydrogen-bond acceptors (Lipinski definition) is 1. The van der Waals surface area contributed by atoms with E-state index in [1.807, 2.05) is 0 Å². The normalized spacial score (nSPS) is 49.4. The maximum absolute atomic E-state index is 13.1. The summed E-state index contributed by atoms with van der Waals surface area (Å²) in [4.78, 5) is 12.4. The summed E-state index contributed by atoms with van der Waals surface area (Å²) >= 11 is 0. The van der Waals surface area contributed by atoms with Crippen LogP contribution in [0.15, 0.2) is 0 Å². The molecule has 0 amide bonds. The van der Waals surface area contributed by atoms with E-state index in [0.717, 1.165) is 50.4 Å². The molecule has 25 heavy (non-hydrogen) atoms. The van der Waals surface area contributed by atoms with Crippen molar-refractivity contribution in [3.05, 3.63) is 0 Å². The van der Waals surface area contributed by atoms with Crippen LogP contribution >= 0.6 is 0 Å². The van der Waals surface area contributed by atoms with Gasteiger partial charge in [0.05, 0.1) is 7.85 Å². The summed E-state index contributed by atoms with van der Waals surface area (Å²) in [5.41, 5.74) is 0.143. The molecule has 4 saturated carbocycles. The third-order valence-electron chi connectivity index (χ3n) is 8.94. The van der Waals surface area contributed by atoms with Gasteiger partial charge in [-0.2, -0.15) is 0 Å². The molecule has 0 saturated heterocycles. The lowest BCUT2D eigenvalue weighted by Crippen LogP contribution is -2.49. The lowest BCUT2D eigenvalue weighted by Gasteiger charge is -2.56. The predicted molar refractivity (Wildman–Crippen MR) is 95.7 cm³/mol. The number of ketones is 1. The van der Waals surface area contributed by atoms with Gasteiger partial charge in [0.15, 0.2) is 0 Å². The molecule has 4 fully saturated rings. The SMILES string of the molecule is [B]CC(=O)C1CCC2C3CCC4CC(C(F)F)CCC4C3CCC12C. The molecule has 0 bridgehead atoms. The Bertz CT molecular complexity index is 524. The van der Waals surface area contributed by atoms with Gasteiger partial charge in [-0.1, -0.05) is 6.92 Å². The second kappa shape index (κ2) is 6.64. The van der Waals surface area contributed by atoms with Crippen LogP contribution in [-0.4, -0.2) is 20.1 Å². The largest absolute Gasteiger partial charge is 0.300 e. The summed E-state index contributed by atoms with van der Waals surface area (Å²) in [6.07, 6.45) is 7.39. The zero-order chi connectivity index (χ0) is 17.8. The quantitative estimate of drug-likeness (QED) is 0.633. The highest BCUT2D eigenvalue weighted by atomic mass is 19.3. The van der Waals surface area contributed by atoms with Crippen LogP contribution in [-0.2, 0) is 4.79 Å². The second-order valence-corrected chi connectivity index (χ2v) is 9.69. The molecule has 2 radical (unpaired) electrons. The Morgan fingerprint density at radius 2 is 1.80 bits per heavy atom. The second-order valence-electron chi connectivity index (χ2n) is 9.69. The first kappa shape index (κ1) is 18.0. The molecule has 1 nitrogen and oxygen atoms in total. The first-order chi connectivity index (χ1) is 12.0. The molecule has 0 aromatic heterocycles. The predicted octanol–water partition coefficient (Wildman–Crippen LogP) is 5.29. The fourth-order valence-electron chi connectivity index (χ4n) is 7.79. The molecule has 0 aromatic rings. The number of hydrogen-bond donors (Lipinski definition) is 0. The first-order valence-electron chi connectivity index (χ1n) is 10.5. The highest BCUT2D eigenvalue weighted by Crippen LogP contribution is 2.64. The summed E-state index contributed by atoms with van der Waals surface area (Å²) in [7, 11) is 5.68. The molecule has 4 aliphatic carbocycles. The Kier molecular flexibility index (Phi) is 4.78. The molecule has 4 rings (SSSR count). The Balaban J connectivity index is 1.50. The van der Waals surface area contributed by atoms with Gasteiger partial charge in [0.2, 0.25) is 6.43 Å². The van der Waals surface area contributed by atoms with Gasteiger partial charge in [-0.15, -0.1) is 0 Å². The van der Waals surface area contributed by atoms with Crippen molar-refractivity contribution in [3.63, 3.8) is 0 Å². The molecule has 0 heterocycles. The number of carbonyl (C=O) groups excluding carboxylic acids is 1. The average Bonchev–Trinajstić information content (AvgIpc) is 2.97. The van der Waals surface area contributed by atoms with E-state index < -0.39 is 6.43 Å². The van der Waals surface area contributed by atoms with Gasteiger partial charge in [0.1, 0.15) is 5.78 Å². The van der Waals surface area contributed by atoms with Crippen LogP contribution in [0.4, 0.5) is 8.78 Å². The molecule has 8 unspecified atom stereocenters. The third kappa shape index (κ3) is 2.81. The molecule has 0 spiro atoms. The van der Waals surface area contributed by atoms with E-state index in [2.05, 4.69) is 6.92 Å². The van der Waals surface area contributed by atoms with E-state index in [0.29, 0.717) is 17.8 Å². The topological polar surface area (TPSA) is 17.1 Å². The maximum atomic E-state index is 13.1. The fraction of sp³-hybridized carbons (Fsp3) is 0.952. The van der Waals surface area contributed by atoms with Gasteiger partial charge in [-0.3, -0.25) is 0 Å². The smallest absolute Gasteiger partial charge is 0.241 e. The minimum absolute atomic E-state index is 0.143. The number of alkyl halides is 2. The molecule has 4 heteroatoms. The molecule has 8 atom stereocenters. The minimum Gasteiger partial charge on any atom is -0.300 e. The lowest BCUT2D eigenvalue weighted by molar-refractivity contribution is -0.128. The Morgan fingerprint density at radius 1 is 1.04 bits per heavy atom. The highest BCUT2D eigenvalue weighted by molar-refractivity contribution is 6.20. The van der Waals surface area contributed by atoms with Crippen LogP contribution in [0.25, 0.3) is 0 Å². The summed E-state index contributed by atoms with van der Waals surface area (Å²) in [6.45, 7) is 2.35. The van der Waals surface area contributed by atoms with E-state index >= 15 is 0 Å². The minimum atomic E-state index is -2.13. The molecule has 0 aromatic carbocycles. The molecule has 138 valence electrons. The molecule has 0 aliphatic heterocycles. The van der Waals surface area contributed by atoms with E-state index in [9.17, 15) is 13.6 Å². The first-order valence-corrected chi connectivity index (χ1v) is 10.5. The van der Waals surface area contributed by atoms with E-state index in [4.69, 9.17) is 7.85 Å². The summed E-state index contributed by atoms with van der Waals surface area (Å²) in [5, 5.41) is 0. The summed E-state index contributed by atoms with van der Waals surface area (Å²) in [6, 6.07) is 0. The zero-order valence-corrected chi connectivity index (χ0v) is 15.4. The van der Waals surface area contributed by atoms with Gasteiger partial charge in [-0.25, -0.2) is 8.78 Å². The standard InChI is InChI=1S/C21H31BF2O/c1-21-9-8-15-14-4-3-13(20(23)24)10-12(14)2-5-16(15)17(21)6-7-18(21)19(25)11-22/h12-18,20H,2-11H2,1H3. The van der Waals surface area contributed by atoms with Gasteiger partial charge >= 0.3 is 0 Å². The molecule has 0 N–H and O–H groups in total. The summed E-state index contributed by atoms with van der Waals surface area (Å²) in [5.74, 6) is 3.36. The lowest BCUT2D eigenvalue weighted by atomic mass is 9.49. The van der Waals surface area contributed by atoms with Crippen molar-refractivity contribution in [3.8, 4) is 0 Å². The van der Waals surface area contributed by atoms with Gasteiger partial charge < -0.3 is 4.79 Å². The maximum Gasteiger partial charge on any atom is 0.241 e. The number of rotatable bonds is 3. The monoisotopic (exact) mass is 348 g/mol. The number of carbonyl (C=O) groups is 1. The number of fused-ring (bicyclic) bond motifs is 5. The number of halogens is 2. The average molecular weight is 348 g/mol. The summed E-state index contributed by atoms with van der Waals surface area (Å²) < 4.78 is 26.3. The van der Waals surface area contributed by atoms with Crippen molar-refractivity contribution >= 4 is 13.6 Å². The van der Waals surface area contributed by atoms with Crippen molar-refractivity contribution in [1.82, 2.24) is 0 Å². The van der Waals surface area contributed by atoms with Crippen molar-refractivity contribution in [1.29, 1.82) is 0 Å². The Labute approximate surface area is 152 Å². The van der Waals surface area contributed by atoms with E-state index in [1.165, 1.54) is 19.3 Å². The van der Waals surface area contributed by atoms with Gasteiger partial charge in [0.25, 0.3) is 0 Å². The highest BCUT2D eigenvalue weighted by Gasteiger charge is 2.58. The fourth-order valence-corrected chi connectivity index (χ4v) is 7.79. The van der Waals surface area contributed by atoms with Crippen molar-refractivity contribution in [2.45, 2.75) is 77.5 Å². The number of Topliss-reactive ketones (excluding diaryl/α,β-unsaturated/α-hetero) is 1. The van der Waals surface area contributed by atoms with E-state index in [-0.39, 0.29) is 29.4 Å². The zero-order valence-electron chi connectivity index (χ0n) is 15.4.